The predicted molar refractivity (Wildman–Crippen MR) is 240 cm³/mol. The lowest BCUT2D eigenvalue weighted by Crippen LogP contribution is -2.47. The summed E-state index contributed by atoms with van der Waals surface area (Å²) in [5.74, 6) is 2.24. The molecule has 0 radical (unpaired) electrons. The van der Waals surface area contributed by atoms with Gasteiger partial charge in [0.1, 0.15) is 6.29 Å². The van der Waals surface area contributed by atoms with Crippen LogP contribution in [-0.4, -0.2) is 44.2 Å². The Balaban J connectivity index is 0. The molecule has 2 saturated carbocycles. The zero-order chi connectivity index (χ0) is 42.6. The molecule has 2 rings (SSSR count). The molecule has 2 bridgehead atoms. The highest BCUT2D eigenvalue weighted by molar-refractivity contribution is 5.69. The van der Waals surface area contributed by atoms with Gasteiger partial charge in [-0.25, -0.2) is 0 Å². The average molecular weight is 795 g/mol. The van der Waals surface area contributed by atoms with Crippen LogP contribution in [0.15, 0.2) is 0 Å². The van der Waals surface area contributed by atoms with Crippen molar-refractivity contribution in [3.05, 3.63) is 0 Å². The molecule has 334 valence electrons. The molecule has 0 aliphatic heterocycles. The van der Waals surface area contributed by atoms with Gasteiger partial charge in [-0.15, -0.1) is 0 Å². The van der Waals surface area contributed by atoms with E-state index in [1.165, 1.54) is 148 Å². The van der Waals surface area contributed by atoms with Crippen molar-refractivity contribution >= 4 is 18.7 Å². The fraction of sp³-hybridized carbons (Fsp3) is 0.940. The first-order valence-corrected chi connectivity index (χ1v) is 24.1. The number of ether oxygens (including phenoxy) is 2. The number of rotatable bonds is 31. The maximum absolute atomic E-state index is 12.7. The van der Waals surface area contributed by atoms with E-state index in [9.17, 15) is 14.4 Å². The highest BCUT2D eigenvalue weighted by Crippen LogP contribution is 2.63. The van der Waals surface area contributed by atoms with Gasteiger partial charge >= 0.3 is 5.97 Å². The fourth-order valence-corrected chi connectivity index (χ4v) is 10.7. The molecule has 6 nitrogen and oxygen atoms in total. The van der Waals surface area contributed by atoms with Gasteiger partial charge in [-0.3, -0.25) is 9.59 Å². The van der Waals surface area contributed by atoms with Crippen molar-refractivity contribution in [1.29, 1.82) is 0 Å². The number of fused-ring (bicyclic) bond motifs is 2. The number of hydrogen-bond acceptors (Lipinski definition) is 6. The van der Waals surface area contributed by atoms with E-state index < -0.39 is 0 Å². The molecular formula is C50H98O6. The number of aldehydes is 1. The molecule has 0 aromatic heterocycles. The molecular weight excluding hydrogens is 697 g/mol. The number of unbranched alkanes of at least 4 members (excludes halogenated alkanes) is 8. The van der Waals surface area contributed by atoms with E-state index in [0.29, 0.717) is 49.3 Å². The monoisotopic (exact) mass is 795 g/mol. The van der Waals surface area contributed by atoms with Gasteiger partial charge in [0.05, 0.1) is 13.2 Å². The van der Waals surface area contributed by atoms with E-state index in [4.69, 9.17) is 14.6 Å². The molecule has 4 atom stereocenters. The van der Waals surface area contributed by atoms with Gasteiger partial charge in [0, 0.05) is 20.0 Å². The molecule has 6 heteroatoms. The topological polar surface area (TPSA) is 89.9 Å². The Hall–Kier alpha value is -1.43. The fourth-order valence-electron chi connectivity index (χ4n) is 10.7. The van der Waals surface area contributed by atoms with E-state index in [1.54, 1.807) is 0 Å². The summed E-state index contributed by atoms with van der Waals surface area (Å²) < 4.78 is 10.6. The Morgan fingerprint density at radius 2 is 1.07 bits per heavy atom. The average Bonchev–Trinajstić information content (AvgIpc) is 3.17. The Labute approximate surface area is 349 Å². The molecule has 56 heavy (non-hydrogen) atoms. The van der Waals surface area contributed by atoms with Crippen LogP contribution in [0.3, 0.4) is 0 Å². The first-order chi connectivity index (χ1) is 27.1. The molecule has 2 fully saturated rings. The predicted octanol–water partition coefficient (Wildman–Crippen LogP) is 14.8. The zero-order valence-corrected chi connectivity index (χ0v) is 39.3. The maximum atomic E-state index is 12.7. The Morgan fingerprint density at radius 1 is 0.625 bits per heavy atom. The minimum atomic E-state index is 0.0215. The largest absolute Gasteiger partial charge is 0.468 e. The van der Waals surface area contributed by atoms with Gasteiger partial charge < -0.3 is 19.4 Å². The van der Waals surface area contributed by atoms with Gasteiger partial charge in [-0.1, -0.05) is 171 Å². The summed E-state index contributed by atoms with van der Waals surface area (Å²) in [7, 11) is 1.00. The van der Waals surface area contributed by atoms with Gasteiger partial charge in [0.15, 0.2) is 0 Å². The van der Waals surface area contributed by atoms with Crippen LogP contribution in [0.25, 0.3) is 0 Å². The van der Waals surface area contributed by atoms with Crippen molar-refractivity contribution in [3.63, 3.8) is 0 Å². The van der Waals surface area contributed by atoms with E-state index in [0.717, 1.165) is 50.9 Å². The molecule has 0 saturated heterocycles. The zero-order valence-electron chi connectivity index (χ0n) is 39.3. The second kappa shape index (κ2) is 36.6. The molecule has 1 N–H and O–H groups in total. The van der Waals surface area contributed by atoms with Crippen LogP contribution >= 0.6 is 0 Å². The normalized spacial score (nSPS) is 22.5. The molecule has 4 unspecified atom stereocenters. The molecule has 2 aliphatic carbocycles. The molecule has 2 aliphatic rings. The van der Waals surface area contributed by atoms with Gasteiger partial charge in [-0.05, 0) is 98.2 Å². The van der Waals surface area contributed by atoms with Gasteiger partial charge in [-0.2, -0.15) is 0 Å². The van der Waals surface area contributed by atoms with Crippen LogP contribution in [0.2, 0.25) is 0 Å². The van der Waals surface area contributed by atoms with Crippen molar-refractivity contribution in [2.45, 2.75) is 249 Å². The summed E-state index contributed by atoms with van der Waals surface area (Å²) in [5.41, 5.74) is 0.951. The van der Waals surface area contributed by atoms with Crippen LogP contribution in [0.5, 0.6) is 0 Å². The van der Waals surface area contributed by atoms with Gasteiger partial charge in [0.25, 0.3) is 6.47 Å². The van der Waals surface area contributed by atoms with E-state index >= 15 is 0 Å². The quantitative estimate of drug-likeness (QED) is 0.0427. The van der Waals surface area contributed by atoms with Gasteiger partial charge in [0.2, 0.25) is 0 Å². The third-order valence-corrected chi connectivity index (χ3v) is 12.8. The maximum Gasteiger partial charge on any atom is 0.305 e. The second-order valence-corrected chi connectivity index (χ2v) is 18.4. The summed E-state index contributed by atoms with van der Waals surface area (Å²) >= 11 is 0. The van der Waals surface area contributed by atoms with Crippen LogP contribution in [0.1, 0.15) is 249 Å². The SMILES string of the molecule is CC.CCCCCC(CCCCC)CCOC(=O)CCC1(C)CC2CC(C)(CCC=O)CC(CCC)(C2)C1.CCCCCC(CCCCC)CCOC=O.CO. The lowest BCUT2D eigenvalue weighted by atomic mass is 9.47. The molecule has 0 aromatic carbocycles. The minimum absolute atomic E-state index is 0.0215. The molecule has 0 amide bonds. The van der Waals surface area contributed by atoms with Crippen LogP contribution in [0, 0.1) is 34.0 Å². The molecule has 0 spiro atoms. The van der Waals surface area contributed by atoms with E-state index in [-0.39, 0.29) is 11.4 Å². The van der Waals surface area contributed by atoms with Crippen molar-refractivity contribution in [2.24, 2.45) is 34.0 Å². The Kier molecular flexibility index (Phi) is 37.1. The summed E-state index contributed by atoms with van der Waals surface area (Å²) in [6.45, 7) is 22.0. The second-order valence-electron chi connectivity index (χ2n) is 18.4. The Bertz CT molecular complexity index is 888. The van der Waals surface area contributed by atoms with Crippen LogP contribution < -0.4 is 0 Å². The van der Waals surface area contributed by atoms with E-state index in [2.05, 4.69) is 48.5 Å². The lowest BCUT2D eigenvalue weighted by Gasteiger charge is -2.58. The summed E-state index contributed by atoms with van der Waals surface area (Å²) in [6.07, 6.45) is 36.2. The number of aliphatic hydroxyl groups excluding tert-OH is 1. The number of carbonyl (C=O) groups excluding carboxylic acids is 3. The molecule has 0 heterocycles. The van der Waals surface area contributed by atoms with Crippen molar-refractivity contribution in [3.8, 4) is 0 Å². The lowest BCUT2D eigenvalue weighted by molar-refractivity contribution is -0.146. The molecule has 0 aromatic rings. The van der Waals surface area contributed by atoms with Crippen molar-refractivity contribution in [1.82, 2.24) is 0 Å². The first-order valence-electron chi connectivity index (χ1n) is 24.1. The van der Waals surface area contributed by atoms with E-state index in [1.807, 2.05) is 13.8 Å². The van der Waals surface area contributed by atoms with Crippen LogP contribution in [-0.2, 0) is 23.9 Å². The number of aliphatic hydroxyl groups is 1. The third-order valence-electron chi connectivity index (χ3n) is 12.8. The highest BCUT2D eigenvalue weighted by atomic mass is 16.5. The third kappa shape index (κ3) is 27.3. The highest BCUT2D eigenvalue weighted by Gasteiger charge is 2.52. The minimum Gasteiger partial charge on any atom is -0.468 e. The van der Waals surface area contributed by atoms with Crippen molar-refractivity contribution in [2.75, 3.05) is 20.3 Å². The summed E-state index contributed by atoms with van der Waals surface area (Å²) in [6, 6.07) is 0. The number of carbonyl (C=O) groups is 3. The Morgan fingerprint density at radius 3 is 1.48 bits per heavy atom. The smallest absolute Gasteiger partial charge is 0.305 e. The number of esters is 1. The van der Waals surface area contributed by atoms with Crippen molar-refractivity contribution < 1.29 is 29.0 Å². The summed E-state index contributed by atoms with van der Waals surface area (Å²) in [5, 5.41) is 7.00. The number of hydrogen-bond donors (Lipinski definition) is 1. The van der Waals surface area contributed by atoms with Crippen LogP contribution in [0.4, 0.5) is 0 Å². The first kappa shape index (κ1) is 56.7. The summed E-state index contributed by atoms with van der Waals surface area (Å²) in [4.78, 5) is 33.9. The standard InChI is InChI=1S/C33H60O3.C14H28O2.C2H6.CH4O/c1-6-9-11-14-28(15-12-10-7-2)17-22-36-30(35)16-20-32(5)24-29-23-31(4,19-13-21-34)26-33(25-29,27-32)18-8-3;1-3-5-7-9-14(10-8-6-4-2)11-12-16-13-15;2*1-2/h21,28-29H,6-20,22-27H2,1-5H3;13-14H,3-12H2,1-2H3;1-2H3;2H,1H3.